The van der Waals surface area contributed by atoms with Gasteiger partial charge in [-0.2, -0.15) is 0 Å². The van der Waals surface area contributed by atoms with E-state index in [1.807, 2.05) is 48.5 Å². The van der Waals surface area contributed by atoms with E-state index >= 15 is 0 Å². The van der Waals surface area contributed by atoms with Crippen molar-refractivity contribution in [2.75, 3.05) is 13.2 Å². The van der Waals surface area contributed by atoms with Crippen LogP contribution in [0.4, 0.5) is 4.39 Å². The summed E-state index contributed by atoms with van der Waals surface area (Å²) in [5, 5.41) is 0. The first-order chi connectivity index (χ1) is 20.2. The third kappa shape index (κ3) is 9.55. The van der Waals surface area contributed by atoms with Gasteiger partial charge in [0.2, 0.25) is 0 Å². The van der Waals surface area contributed by atoms with E-state index in [1.165, 1.54) is 76.3 Å². The van der Waals surface area contributed by atoms with Crippen molar-refractivity contribution in [3.63, 3.8) is 0 Å². The maximum atomic E-state index is 14.1. The zero-order valence-corrected chi connectivity index (χ0v) is 24.8. The molecule has 0 aliphatic carbocycles. The lowest BCUT2D eigenvalue weighted by molar-refractivity contribution is 0.304. The van der Waals surface area contributed by atoms with Crippen LogP contribution in [0.2, 0.25) is 0 Å². The van der Waals surface area contributed by atoms with E-state index in [2.05, 4.69) is 13.8 Å². The number of fused-ring (bicyclic) bond motifs is 1. The van der Waals surface area contributed by atoms with Gasteiger partial charge >= 0.3 is 0 Å². The maximum Gasteiger partial charge on any atom is 0.125 e. The van der Waals surface area contributed by atoms with Crippen molar-refractivity contribution in [1.29, 1.82) is 0 Å². The summed E-state index contributed by atoms with van der Waals surface area (Å²) in [7, 11) is 0. The number of nitrogens with zero attached hydrogens (tertiary/aromatic N) is 2. The third-order valence-corrected chi connectivity index (χ3v) is 7.37. The number of hydrogen-bond donors (Lipinski definition) is 0. The molecular formula is C36H45FN2O2. The highest BCUT2D eigenvalue weighted by Gasteiger charge is 2.15. The van der Waals surface area contributed by atoms with Crippen LogP contribution in [-0.4, -0.2) is 23.2 Å². The van der Waals surface area contributed by atoms with Crippen molar-refractivity contribution in [3.8, 4) is 34.0 Å². The van der Waals surface area contributed by atoms with Gasteiger partial charge in [-0.25, -0.2) is 14.4 Å². The fourth-order valence-electron chi connectivity index (χ4n) is 5.04. The third-order valence-electron chi connectivity index (χ3n) is 7.37. The standard InChI is InChI=1S/C36H45FN2O2/c1-3-5-7-9-11-13-23-40-31-19-15-17-28(25-31)35-36(39-34-27-30(37)21-22-33(34)38-35)29-18-16-20-32(26-29)41-24-14-12-10-8-6-4-2/h15-22,25-27H,3-14,23-24H2,1-2H3. The van der Waals surface area contributed by atoms with Gasteiger partial charge < -0.3 is 9.47 Å². The summed E-state index contributed by atoms with van der Waals surface area (Å²) >= 11 is 0. The summed E-state index contributed by atoms with van der Waals surface area (Å²) in [6.45, 7) is 5.86. The monoisotopic (exact) mass is 556 g/mol. The number of benzene rings is 3. The van der Waals surface area contributed by atoms with Crippen LogP contribution >= 0.6 is 0 Å². The molecule has 41 heavy (non-hydrogen) atoms. The molecule has 0 fully saturated rings. The molecule has 0 aliphatic rings. The van der Waals surface area contributed by atoms with E-state index in [0.29, 0.717) is 29.9 Å². The van der Waals surface area contributed by atoms with E-state index in [9.17, 15) is 4.39 Å². The van der Waals surface area contributed by atoms with Crippen LogP contribution in [0.25, 0.3) is 33.5 Å². The predicted molar refractivity (Wildman–Crippen MR) is 168 cm³/mol. The summed E-state index contributed by atoms with van der Waals surface area (Å²) in [5.41, 5.74) is 4.41. The molecule has 0 atom stereocenters. The Labute approximate surface area is 245 Å². The van der Waals surface area contributed by atoms with Gasteiger partial charge in [-0.3, -0.25) is 0 Å². The van der Waals surface area contributed by atoms with E-state index in [4.69, 9.17) is 19.4 Å². The quantitative estimate of drug-likeness (QED) is 0.114. The first-order valence-corrected chi connectivity index (χ1v) is 15.6. The first-order valence-electron chi connectivity index (χ1n) is 15.6. The summed E-state index contributed by atoms with van der Waals surface area (Å²) in [4.78, 5) is 9.86. The highest BCUT2D eigenvalue weighted by atomic mass is 19.1. The average molecular weight is 557 g/mol. The highest BCUT2D eigenvalue weighted by molar-refractivity contribution is 5.86. The Hall–Kier alpha value is -3.47. The van der Waals surface area contributed by atoms with Gasteiger partial charge in [-0.1, -0.05) is 102 Å². The largest absolute Gasteiger partial charge is 0.494 e. The fourth-order valence-corrected chi connectivity index (χ4v) is 5.04. The number of ether oxygens (including phenoxy) is 2. The van der Waals surface area contributed by atoms with E-state index in [1.54, 1.807) is 6.07 Å². The second-order valence-corrected chi connectivity index (χ2v) is 10.8. The van der Waals surface area contributed by atoms with Gasteiger partial charge in [-0.05, 0) is 49.2 Å². The van der Waals surface area contributed by atoms with Crippen molar-refractivity contribution in [2.24, 2.45) is 0 Å². The summed E-state index contributed by atoms with van der Waals surface area (Å²) in [6.07, 6.45) is 14.7. The van der Waals surface area contributed by atoms with Crippen molar-refractivity contribution in [2.45, 2.75) is 90.9 Å². The molecule has 0 radical (unpaired) electrons. The van der Waals surface area contributed by atoms with Crippen LogP contribution < -0.4 is 9.47 Å². The second kappa shape index (κ2) is 16.7. The van der Waals surface area contributed by atoms with Crippen LogP contribution in [-0.2, 0) is 0 Å². The van der Waals surface area contributed by atoms with Gasteiger partial charge in [0.25, 0.3) is 0 Å². The summed E-state index contributed by atoms with van der Waals surface area (Å²) < 4.78 is 26.3. The van der Waals surface area contributed by atoms with Crippen molar-refractivity contribution in [1.82, 2.24) is 9.97 Å². The average Bonchev–Trinajstić information content (AvgIpc) is 3.00. The number of aromatic nitrogens is 2. The molecular weight excluding hydrogens is 511 g/mol. The van der Waals surface area contributed by atoms with Crippen molar-refractivity contribution >= 4 is 11.0 Å². The van der Waals surface area contributed by atoms with Crippen molar-refractivity contribution < 1.29 is 13.9 Å². The lowest BCUT2D eigenvalue weighted by atomic mass is 10.0. The lowest BCUT2D eigenvalue weighted by Gasteiger charge is -2.13. The smallest absolute Gasteiger partial charge is 0.125 e. The van der Waals surface area contributed by atoms with Crippen LogP contribution in [0.5, 0.6) is 11.5 Å². The van der Waals surface area contributed by atoms with E-state index in [0.717, 1.165) is 41.2 Å². The molecule has 3 aromatic carbocycles. The minimum atomic E-state index is -0.327. The molecule has 0 N–H and O–H groups in total. The van der Waals surface area contributed by atoms with Crippen LogP contribution in [0.15, 0.2) is 66.7 Å². The molecule has 4 aromatic rings. The zero-order chi connectivity index (χ0) is 28.7. The Morgan fingerprint density at radius 1 is 0.537 bits per heavy atom. The minimum Gasteiger partial charge on any atom is -0.494 e. The van der Waals surface area contributed by atoms with Gasteiger partial charge in [0, 0.05) is 17.2 Å². The van der Waals surface area contributed by atoms with Gasteiger partial charge in [0.1, 0.15) is 17.3 Å². The molecule has 0 spiro atoms. The molecule has 5 heteroatoms. The zero-order valence-electron chi connectivity index (χ0n) is 24.8. The molecule has 0 unspecified atom stereocenters. The normalized spacial score (nSPS) is 11.2. The molecule has 218 valence electrons. The molecule has 4 rings (SSSR count). The number of hydrogen-bond acceptors (Lipinski definition) is 4. The Morgan fingerprint density at radius 3 is 1.56 bits per heavy atom. The highest BCUT2D eigenvalue weighted by Crippen LogP contribution is 2.34. The Morgan fingerprint density at radius 2 is 1.02 bits per heavy atom. The van der Waals surface area contributed by atoms with Gasteiger partial charge in [0.15, 0.2) is 0 Å². The Balaban J connectivity index is 1.53. The summed E-state index contributed by atoms with van der Waals surface area (Å²) in [6, 6.07) is 20.6. The predicted octanol–water partition coefficient (Wildman–Crippen LogP) is 10.6. The topological polar surface area (TPSA) is 44.2 Å². The Bertz CT molecular complexity index is 1360. The van der Waals surface area contributed by atoms with Crippen LogP contribution in [0.3, 0.4) is 0 Å². The molecule has 1 heterocycles. The van der Waals surface area contributed by atoms with E-state index < -0.39 is 0 Å². The fraction of sp³-hybridized carbons (Fsp3) is 0.444. The maximum absolute atomic E-state index is 14.1. The van der Waals surface area contributed by atoms with Crippen LogP contribution in [0.1, 0.15) is 90.9 Å². The van der Waals surface area contributed by atoms with Crippen LogP contribution in [0, 0.1) is 5.82 Å². The molecule has 0 saturated carbocycles. The van der Waals surface area contributed by atoms with E-state index in [-0.39, 0.29) is 5.82 Å². The molecule has 0 bridgehead atoms. The number of unbranched alkanes of at least 4 members (excludes halogenated alkanes) is 10. The second-order valence-electron chi connectivity index (χ2n) is 10.8. The SMILES string of the molecule is CCCCCCCCOc1cccc(-c2nc3ccc(F)cc3nc2-c2cccc(OCCCCCCCC)c2)c1. The number of halogens is 1. The molecule has 0 amide bonds. The van der Waals surface area contributed by atoms with Gasteiger partial charge in [0.05, 0.1) is 35.6 Å². The molecule has 0 aliphatic heterocycles. The lowest BCUT2D eigenvalue weighted by Crippen LogP contribution is -2.00. The number of rotatable bonds is 18. The molecule has 4 nitrogen and oxygen atoms in total. The Kier molecular flexibility index (Phi) is 12.4. The molecule has 0 saturated heterocycles. The minimum absolute atomic E-state index is 0.327. The van der Waals surface area contributed by atoms with Crippen molar-refractivity contribution in [3.05, 3.63) is 72.5 Å². The molecule has 1 aromatic heterocycles. The van der Waals surface area contributed by atoms with Gasteiger partial charge in [-0.15, -0.1) is 0 Å². The first kappa shape index (κ1) is 30.5. The summed E-state index contributed by atoms with van der Waals surface area (Å²) in [5.74, 6) is 1.30.